The molecule has 2 aliphatic carbocycles. The number of carbonyl (C=O) groups excluding carboxylic acids is 1. The molecule has 154 valence electrons. The Balaban J connectivity index is 0.000000164. The van der Waals surface area contributed by atoms with Crippen LogP contribution in [0.5, 0.6) is 5.19 Å². The van der Waals surface area contributed by atoms with E-state index in [1.807, 2.05) is 19.2 Å². The highest BCUT2D eigenvalue weighted by molar-refractivity contribution is 7.11. The maximum absolute atomic E-state index is 10.1. The zero-order valence-electron chi connectivity index (χ0n) is 16.4. The van der Waals surface area contributed by atoms with Gasteiger partial charge in [-0.1, -0.05) is 44.4 Å². The highest BCUT2D eigenvalue weighted by Gasteiger charge is 2.40. The number of thiazole rings is 1. The third kappa shape index (κ3) is 9.93. The molecular weight excluding hydrogens is 366 g/mol. The van der Waals surface area contributed by atoms with Gasteiger partial charge >= 0.3 is 6.09 Å². The number of cyclic esters (lactones) is 1. The average Bonchev–Trinajstić information content (AvgIpc) is 3.04. The first-order valence-electron chi connectivity index (χ1n) is 9.89. The minimum absolute atomic E-state index is 0.285. The molecule has 3 N–H and O–H groups in total. The first-order valence-corrected chi connectivity index (χ1v) is 10.8. The van der Waals surface area contributed by atoms with Crippen LogP contribution in [0.4, 0.5) is 4.79 Å². The average molecular weight is 400 g/mol. The van der Waals surface area contributed by atoms with Crippen molar-refractivity contribution in [3.8, 4) is 5.19 Å². The molecule has 1 aliphatic heterocycles. The van der Waals surface area contributed by atoms with Crippen molar-refractivity contribution < 1.29 is 19.4 Å². The highest BCUT2D eigenvalue weighted by atomic mass is 32.1. The number of amides is 1. The Hall–Kier alpha value is -1.38. The van der Waals surface area contributed by atoms with Crippen molar-refractivity contribution in [2.24, 2.45) is 11.8 Å². The van der Waals surface area contributed by atoms with E-state index in [0.717, 1.165) is 13.0 Å². The fourth-order valence-corrected chi connectivity index (χ4v) is 3.51. The monoisotopic (exact) mass is 399 g/mol. The van der Waals surface area contributed by atoms with Gasteiger partial charge in [-0.2, -0.15) is 0 Å². The van der Waals surface area contributed by atoms with E-state index in [-0.39, 0.29) is 12.7 Å². The summed E-state index contributed by atoms with van der Waals surface area (Å²) in [6.45, 7) is 6.24. The van der Waals surface area contributed by atoms with Gasteiger partial charge in [-0.25, -0.2) is 9.78 Å². The molecule has 3 fully saturated rings. The smallest absolute Gasteiger partial charge is 0.407 e. The fourth-order valence-electron chi connectivity index (χ4n) is 3.02. The largest absolute Gasteiger partial charge is 0.467 e. The Kier molecular flexibility index (Phi) is 9.86. The van der Waals surface area contributed by atoms with E-state index in [1.54, 1.807) is 25.5 Å². The van der Waals surface area contributed by atoms with Crippen LogP contribution in [0.15, 0.2) is 11.6 Å². The molecule has 0 radical (unpaired) electrons. The topological polar surface area (TPSA) is 92.7 Å². The van der Waals surface area contributed by atoms with Crippen LogP contribution >= 0.6 is 11.3 Å². The Morgan fingerprint density at radius 1 is 1.41 bits per heavy atom. The lowest BCUT2D eigenvalue weighted by molar-refractivity contribution is 0.104. The predicted octanol–water partition coefficient (Wildman–Crippen LogP) is 2.80. The van der Waals surface area contributed by atoms with Gasteiger partial charge in [-0.15, -0.1) is 0 Å². The van der Waals surface area contributed by atoms with Gasteiger partial charge in [0.2, 0.25) is 0 Å². The molecule has 7 nitrogen and oxygen atoms in total. The van der Waals surface area contributed by atoms with Gasteiger partial charge in [0, 0.05) is 30.7 Å². The molecule has 3 aliphatic rings. The summed E-state index contributed by atoms with van der Waals surface area (Å²) in [6.07, 6.45) is 8.09. The van der Waals surface area contributed by atoms with Crippen molar-refractivity contribution in [3.63, 3.8) is 0 Å². The number of hydrogen-bond donors (Lipinski definition) is 3. The second-order valence-electron chi connectivity index (χ2n) is 7.43. The van der Waals surface area contributed by atoms with E-state index < -0.39 is 6.10 Å². The van der Waals surface area contributed by atoms with E-state index in [0.29, 0.717) is 24.4 Å². The summed E-state index contributed by atoms with van der Waals surface area (Å²) in [4.78, 5) is 14.1. The van der Waals surface area contributed by atoms with E-state index >= 15 is 0 Å². The summed E-state index contributed by atoms with van der Waals surface area (Å²) in [7, 11) is 0. The third-order valence-electron chi connectivity index (χ3n) is 4.61. The number of nitrogens with one attached hydrogen (secondary N) is 2. The van der Waals surface area contributed by atoms with E-state index in [9.17, 15) is 9.90 Å². The summed E-state index contributed by atoms with van der Waals surface area (Å²) in [5, 5.41) is 17.6. The normalized spacial score (nSPS) is 23.6. The molecule has 27 heavy (non-hydrogen) atoms. The molecule has 8 heteroatoms. The Bertz CT molecular complexity index is 511. The lowest BCUT2D eigenvalue weighted by Crippen LogP contribution is -2.35. The van der Waals surface area contributed by atoms with Crippen LogP contribution in [0.3, 0.4) is 0 Å². The van der Waals surface area contributed by atoms with Crippen LogP contribution in [0.2, 0.25) is 0 Å². The zero-order valence-corrected chi connectivity index (χ0v) is 17.2. The first-order chi connectivity index (χ1) is 13.0. The lowest BCUT2D eigenvalue weighted by atomic mass is 10.3. The molecule has 1 saturated heterocycles. The van der Waals surface area contributed by atoms with Crippen molar-refractivity contribution in [3.05, 3.63) is 11.6 Å². The van der Waals surface area contributed by atoms with Gasteiger partial charge in [0.15, 0.2) is 0 Å². The molecule has 1 amide bonds. The van der Waals surface area contributed by atoms with E-state index in [1.165, 1.54) is 29.6 Å². The van der Waals surface area contributed by atoms with Gasteiger partial charge in [-0.05, 0) is 24.7 Å². The minimum Gasteiger partial charge on any atom is -0.467 e. The van der Waals surface area contributed by atoms with Crippen molar-refractivity contribution >= 4 is 17.4 Å². The number of fused-ring (bicyclic) bond motifs is 1. The molecule has 0 spiro atoms. The summed E-state index contributed by atoms with van der Waals surface area (Å²) < 4.78 is 9.79. The number of aromatic nitrogens is 1. The van der Waals surface area contributed by atoms with Crippen LogP contribution in [0.25, 0.3) is 0 Å². The van der Waals surface area contributed by atoms with E-state index in [2.05, 4.69) is 20.4 Å². The number of aliphatic hydroxyl groups excluding tert-OH is 1. The molecule has 1 aromatic rings. The number of carbonyl (C=O) groups is 1. The van der Waals surface area contributed by atoms with Crippen molar-refractivity contribution in [2.45, 2.75) is 58.1 Å². The molecule has 0 bridgehead atoms. The van der Waals surface area contributed by atoms with Gasteiger partial charge in [0.25, 0.3) is 5.19 Å². The summed E-state index contributed by atoms with van der Waals surface area (Å²) >= 11 is 1.42. The maximum atomic E-state index is 10.1. The number of ether oxygens (including phenoxy) is 2. The van der Waals surface area contributed by atoms with Crippen LogP contribution in [0, 0.1) is 11.8 Å². The fraction of sp³-hybridized carbons (Fsp3) is 0.789. The molecule has 4 rings (SSSR count). The minimum atomic E-state index is -0.485. The van der Waals surface area contributed by atoms with Crippen LogP contribution < -0.4 is 15.4 Å². The van der Waals surface area contributed by atoms with Crippen LogP contribution in [-0.2, 0) is 4.74 Å². The maximum Gasteiger partial charge on any atom is 0.407 e. The predicted molar refractivity (Wildman–Crippen MR) is 106 cm³/mol. The molecule has 3 atom stereocenters. The Morgan fingerprint density at radius 2 is 2.19 bits per heavy atom. The quantitative estimate of drug-likeness (QED) is 0.681. The van der Waals surface area contributed by atoms with Gasteiger partial charge in [0.1, 0.15) is 12.7 Å². The number of hydrogen-bond acceptors (Lipinski definition) is 7. The number of alkyl carbamates (subject to hydrolysis) is 1. The summed E-state index contributed by atoms with van der Waals surface area (Å²) in [5.74, 6) is 2.43. The number of nitrogens with zero attached hydrogens (tertiary/aromatic N) is 1. The molecular formula is C19H33N3O4S. The molecule has 1 aromatic heterocycles. The third-order valence-corrected chi connectivity index (χ3v) is 5.30. The van der Waals surface area contributed by atoms with Gasteiger partial charge < -0.3 is 25.2 Å². The summed E-state index contributed by atoms with van der Waals surface area (Å²) in [5.41, 5.74) is 0. The van der Waals surface area contributed by atoms with Gasteiger partial charge in [-0.3, -0.25) is 0 Å². The van der Waals surface area contributed by atoms with Crippen LogP contribution in [0.1, 0.15) is 46.0 Å². The molecule has 0 aromatic carbocycles. The molecule has 2 saturated carbocycles. The lowest BCUT2D eigenvalue weighted by Gasteiger charge is -2.13. The Labute approximate surface area is 165 Å². The Morgan fingerprint density at radius 3 is 2.59 bits per heavy atom. The van der Waals surface area contributed by atoms with Crippen molar-refractivity contribution in [2.75, 3.05) is 26.3 Å². The standard InChI is InChI=1S/C9H16N2O2S.C6H10.C4H7NO2/c1-7(2)11-5-8(12)6-13-9-10-3-4-14-9;1-2-5-4-6(5)3-1;6-4-5-2-1-3-7-4/h3-4,7-8,11-12H,5-6H2,1-2H3;5-6H,1-4H2;1-3H2,(H,5,6). The molecule has 2 heterocycles. The number of aliphatic hydroxyl groups is 1. The zero-order chi connectivity index (χ0) is 19.5. The van der Waals surface area contributed by atoms with Gasteiger partial charge in [0.05, 0.1) is 6.61 Å². The van der Waals surface area contributed by atoms with Crippen molar-refractivity contribution in [1.82, 2.24) is 15.6 Å². The van der Waals surface area contributed by atoms with Crippen molar-refractivity contribution in [1.29, 1.82) is 0 Å². The SMILES string of the molecule is C1CC2CC2C1.CC(C)NCC(O)COc1nccs1.O=C1NCCCO1. The first kappa shape index (κ1) is 21.9. The van der Waals surface area contributed by atoms with Crippen LogP contribution in [-0.4, -0.2) is 54.6 Å². The number of rotatable bonds is 6. The second kappa shape index (κ2) is 12.2. The van der Waals surface area contributed by atoms with E-state index in [4.69, 9.17) is 4.74 Å². The molecule has 3 unspecified atom stereocenters. The second-order valence-corrected chi connectivity index (χ2v) is 8.29. The highest BCUT2D eigenvalue weighted by Crippen LogP contribution is 2.51. The summed E-state index contributed by atoms with van der Waals surface area (Å²) in [6, 6.07) is 0.379.